The fourth-order valence-electron chi connectivity index (χ4n) is 2.47. The maximum Gasteiger partial charge on any atom is 0.335 e. The largest absolute Gasteiger partial charge is 0.478 e. The van der Waals surface area contributed by atoms with Crippen molar-refractivity contribution in [3.05, 3.63) is 94.5 Å². The van der Waals surface area contributed by atoms with Crippen molar-refractivity contribution in [2.75, 3.05) is 10.6 Å². The Hall–Kier alpha value is -3.64. The van der Waals surface area contributed by atoms with E-state index in [1.54, 1.807) is 60.7 Å². The van der Waals surface area contributed by atoms with Crippen molar-refractivity contribution in [1.29, 1.82) is 0 Å². The molecule has 3 aromatic rings. The molecule has 0 spiro atoms. The molecule has 0 heterocycles. The highest BCUT2D eigenvalue weighted by atomic mass is 35.5. The van der Waals surface area contributed by atoms with Gasteiger partial charge in [-0.2, -0.15) is 0 Å². The third kappa shape index (κ3) is 4.75. The summed E-state index contributed by atoms with van der Waals surface area (Å²) in [6.45, 7) is 0. The number of anilines is 2. The number of carbonyl (C=O) groups excluding carboxylic acids is 2. The lowest BCUT2D eigenvalue weighted by Crippen LogP contribution is -2.14. The second-order valence-corrected chi connectivity index (χ2v) is 6.32. The molecule has 0 bridgehead atoms. The van der Waals surface area contributed by atoms with E-state index in [4.69, 9.17) is 16.7 Å². The van der Waals surface area contributed by atoms with E-state index in [1.165, 1.54) is 12.1 Å². The van der Waals surface area contributed by atoms with Crippen LogP contribution in [0, 0.1) is 0 Å². The average molecular weight is 395 g/mol. The van der Waals surface area contributed by atoms with E-state index < -0.39 is 11.9 Å². The van der Waals surface area contributed by atoms with Gasteiger partial charge in [-0.1, -0.05) is 23.7 Å². The fraction of sp³-hybridized carbons (Fsp3) is 0. The summed E-state index contributed by atoms with van der Waals surface area (Å²) in [6.07, 6.45) is 0. The number of benzene rings is 3. The number of hydrogen-bond donors (Lipinski definition) is 3. The van der Waals surface area contributed by atoms with Crippen LogP contribution < -0.4 is 10.6 Å². The van der Waals surface area contributed by atoms with Crippen LogP contribution in [-0.4, -0.2) is 22.9 Å². The third-order valence-corrected chi connectivity index (χ3v) is 4.09. The van der Waals surface area contributed by atoms with Crippen LogP contribution in [0.3, 0.4) is 0 Å². The summed E-state index contributed by atoms with van der Waals surface area (Å²) in [4.78, 5) is 35.5. The van der Waals surface area contributed by atoms with Crippen molar-refractivity contribution in [2.45, 2.75) is 0 Å². The van der Waals surface area contributed by atoms with E-state index in [9.17, 15) is 14.4 Å². The number of halogens is 1. The normalized spacial score (nSPS) is 10.2. The van der Waals surface area contributed by atoms with Gasteiger partial charge >= 0.3 is 5.97 Å². The lowest BCUT2D eigenvalue weighted by molar-refractivity contribution is 0.0696. The zero-order valence-corrected chi connectivity index (χ0v) is 15.2. The fourth-order valence-corrected chi connectivity index (χ4v) is 2.66. The van der Waals surface area contributed by atoms with Crippen LogP contribution in [-0.2, 0) is 0 Å². The highest BCUT2D eigenvalue weighted by molar-refractivity contribution is 6.31. The predicted molar refractivity (Wildman–Crippen MR) is 107 cm³/mol. The minimum atomic E-state index is -1.07. The maximum atomic E-state index is 12.3. The van der Waals surface area contributed by atoms with Gasteiger partial charge in [0.15, 0.2) is 0 Å². The molecule has 0 radical (unpaired) electrons. The molecular weight excluding hydrogens is 380 g/mol. The van der Waals surface area contributed by atoms with Gasteiger partial charge in [0.05, 0.1) is 5.56 Å². The summed E-state index contributed by atoms with van der Waals surface area (Å²) < 4.78 is 0. The van der Waals surface area contributed by atoms with E-state index in [1.807, 2.05) is 0 Å². The zero-order chi connectivity index (χ0) is 20.1. The van der Waals surface area contributed by atoms with Gasteiger partial charge < -0.3 is 15.7 Å². The zero-order valence-electron chi connectivity index (χ0n) is 14.5. The van der Waals surface area contributed by atoms with Gasteiger partial charge in [-0.3, -0.25) is 9.59 Å². The molecule has 0 aliphatic heterocycles. The second kappa shape index (κ2) is 8.37. The molecule has 3 aromatic carbocycles. The molecule has 28 heavy (non-hydrogen) atoms. The predicted octanol–water partition coefficient (Wildman–Crippen LogP) is 4.54. The van der Waals surface area contributed by atoms with Gasteiger partial charge in [0, 0.05) is 27.5 Å². The summed E-state index contributed by atoms with van der Waals surface area (Å²) >= 11 is 5.88. The van der Waals surface area contributed by atoms with Gasteiger partial charge in [-0.25, -0.2) is 4.79 Å². The molecule has 0 aliphatic carbocycles. The molecule has 0 atom stereocenters. The summed E-state index contributed by atoms with van der Waals surface area (Å²) in [7, 11) is 0. The molecular formula is C21H15ClN2O4. The van der Waals surface area contributed by atoms with E-state index in [-0.39, 0.29) is 11.5 Å². The van der Waals surface area contributed by atoms with E-state index in [0.717, 1.165) is 0 Å². The number of amides is 2. The summed E-state index contributed by atoms with van der Waals surface area (Å²) in [5.74, 6) is -1.78. The quantitative estimate of drug-likeness (QED) is 0.591. The smallest absolute Gasteiger partial charge is 0.335 e. The molecule has 2 amide bonds. The van der Waals surface area contributed by atoms with Crippen LogP contribution in [0.1, 0.15) is 31.1 Å². The Labute approximate surface area is 165 Å². The third-order valence-electron chi connectivity index (χ3n) is 3.86. The summed E-state index contributed by atoms with van der Waals surface area (Å²) in [5.41, 5.74) is 1.77. The monoisotopic (exact) mass is 394 g/mol. The summed E-state index contributed by atoms with van der Waals surface area (Å²) in [5, 5.41) is 14.8. The minimum Gasteiger partial charge on any atom is -0.478 e. The lowest BCUT2D eigenvalue weighted by Gasteiger charge is -2.08. The Bertz CT molecular complexity index is 1050. The SMILES string of the molecule is O=C(O)c1cccc(NC(=O)c2ccc(NC(=O)c3cccc(Cl)c3)cc2)c1. The topological polar surface area (TPSA) is 95.5 Å². The molecule has 140 valence electrons. The van der Waals surface area contributed by atoms with Crippen LogP contribution in [0.2, 0.25) is 5.02 Å². The van der Waals surface area contributed by atoms with Gasteiger partial charge in [0.25, 0.3) is 11.8 Å². The Balaban J connectivity index is 1.66. The van der Waals surface area contributed by atoms with Crippen LogP contribution in [0.5, 0.6) is 0 Å². The van der Waals surface area contributed by atoms with Crippen LogP contribution in [0.25, 0.3) is 0 Å². The number of hydrogen-bond acceptors (Lipinski definition) is 3. The molecule has 6 nitrogen and oxygen atoms in total. The number of nitrogens with one attached hydrogen (secondary N) is 2. The molecule has 0 aliphatic rings. The van der Waals surface area contributed by atoms with Crippen molar-refractivity contribution in [3.8, 4) is 0 Å². The Kier molecular flexibility index (Phi) is 5.72. The first-order valence-electron chi connectivity index (χ1n) is 8.24. The first kappa shape index (κ1) is 19.1. The number of rotatable bonds is 5. The minimum absolute atomic E-state index is 0.0804. The van der Waals surface area contributed by atoms with Crippen molar-refractivity contribution in [2.24, 2.45) is 0 Å². The lowest BCUT2D eigenvalue weighted by atomic mass is 10.1. The first-order valence-corrected chi connectivity index (χ1v) is 8.62. The highest BCUT2D eigenvalue weighted by Crippen LogP contribution is 2.16. The maximum absolute atomic E-state index is 12.3. The molecule has 0 saturated carbocycles. The molecule has 7 heteroatoms. The second-order valence-electron chi connectivity index (χ2n) is 5.88. The molecule has 0 saturated heterocycles. The molecule has 3 rings (SSSR count). The molecule has 0 unspecified atom stereocenters. The highest BCUT2D eigenvalue weighted by Gasteiger charge is 2.10. The van der Waals surface area contributed by atoms with Gasteiger partial charge in [0.1, 0.15) is 0 Å². The van der Waals surface area contributed by atoms with Gasteiger partial charge in [-0.05, 0) is 60.7 Å². The van der Waals surface area contributed by atoms with E-state index in [0.29, 0.717) is 27.5 Å². The van der Waals surface area contributed by atoms with Crippen molar-refractivity contribution < 1.29 is 19.5 Å². The van der Waals surface area contributed by atoms with Crippen molar-refractivity contribution in [1.82, 2.24) is 0 Å². The number of carbonyl (C=O) groups is 3. The number of aromatic carboxylic acids is 1. The molecule has 0 aromatic heterocycles. The number of carboxylic acids is 1. The number of carboxylic acid groups (broad SMARTS) is 1. The van der Waals surface area contributed by atoms with E-state index >= 15 is 0 Å². The van der Waals surface area contributed by atoms with E-state index in [2.05, 4.69) is 10.6 Å². The summed E-state index contributed by atoms with van der Waals surface area (Å²) in [6, 6.07) is 18.9. The first-order chi connectivity index (χ1) is 13.4. The van der Waals surface area contributed by atoms with Crippen LogP contribution >= 0.6 is 11.6 Å². The van der Waals surface area contributed by atoms with Crippen molar-refractivity contribution in [3.63, 3.8) is 0 Å². The molecule has 3 N–H and O–H groups in total. The van der Waals surface area contributed by atoms with Gasteiger partial charge in [0.2, 0.25) is 0 Å². The molecule has 0 fully saturated rings. The Morgan fingerprint density at radius 3 is 1.96 bits per heavy atom. The van der Waals surface area contributed by atoms with Crippen LogP contribution in [0.15, 0.2) is 72.8 Å². The van der Waals surface area contributed by atoms with Gasteiger partial charge in [-0.15, -0.1) is 0 Å². The van der Waals surface area contributed by atoms with Crippen LogP contribution in [0.4, 0.5) is 11.4 Å². The van der Waals surface area contributed by atoms with Crippen molar-refractivity contribution >= 4 is 40.8 Å². The standard InChI is InChI=1S/C21H15ClN2O4/c22-16-5-1-3-14(11-16)20(26)23-17-9-7-13(8-10-17)19(25)24-18-6-2-4-15(12-18)21(27)28/h1-12H,(H,23,26)(H,24,25)(H,27,28). The Morgan fingerprint density at radius 1 is 0.679 bits per heavy atom. The Morgan fingerprint density at radius 2 is 1.29 bits per heavy atom. The average Bonchev–Trinajstić information content (AvgIpc) is 2.68.